The molecular formula is C17H23N3O3. The number of aromatic nitrogens is 1. The lowest BCUT2D eigenvalue weighted by molar-refractivity contribution is 0.0868. The predicted octanol–water partition coefficient (Wildman–Crippen LogP) is 1.50. The molecule has 1 aliphatic carbocycles. The molecular weight excluding hydrogens is 294 g/mol. The number of hydrogen-bond acceptors (Lipinski definition) is 5. The smallest absolute Gasteiger partial charge is 0.270 e. The van der Waals surface area contributed by atoms with Crippen molar-refractivity contribution in [2.24, 2.45) is 5.92 Å². The Bertz CT molecular complexity index is 615. The second-order valence-electron chi connectivity index (χ2n) is 6.70. The molecule has 2 atom stereocenters. The maximum atomic E-state index is 12.7. The molecule has 1 aromatic rings. The van der Waals surface area contributed by atoms with Gasteiger partial charge in [0, 0.05) is 11.6 Å². The molecule has 4 rings (SSSR count). The Morgan fingerprint density at radius 2 is 2.17 bits per heavy atom. The van der Waals surface area contributed by atoms with Crippen molar-refractivity contribution in [2.75, 3.05) is 19.8 Å². The van der Waals surface area contributed by atoms with Crippen LogP contribution in [0.15, 0.2) is 12.3 Å². The molecule has 3 aliphatic rings. The van der Waals surface area contributed by atoms with Crippen LogP contribution < -0.4 is 20.1 Å². The maximum absolute atomic E-state index is 12.7. The van der Waals surface area contributed by atoms with Crippen molar-refractivity contribution in [3.05, 3.63) is 18.0 Å². The van der Waals surface area contributed by atoms with E-state index in [0.717, 1.165) is 32.2 Å². The van der Waals surface area contributed by atoms with Crippen LogP contribution in [0.4, 0.5) is 0 Å². The molecule has 2 unspecified atom stereocenters. The first-order chi connectivity index (χ1) is 11.2. The number of pyridine rings is 1. The molecule has 2 aliphatic heterocycles. The SMILES string of the molecule is CCC1CCNC2(CC2)C1NC(=O)c1cc2c(cn1)OCCO2. The number of ether oxygens (including phenoxy) is 2. The van der Waals surface area contributed by atoms with E-state index in [1.165, 1.54) is 0 Å². The number of nitrogens with one attached hydrogen (secondary N) is 2. The van der Waals surface area contributed by atoms with Gasteiger partial charge in [-0.2, -0.15) is 0 Å². The Hall–Kier alpha value is -1.82. The lowest BCUT2D eigenvalue weighted by Crippen LogP contribution is -2.59. The predicted molar refractivity (Wildman–Crippen MR) is 84.8 cm³/mol. The Morgan fingerprint density at radius 1 is 1.39 bits per heavy atom. The summed E-state index contributed by atoms with van der Waals surface area (Å²) in [6.45, 7) is 4.28. The highest BCUT2D eigenvalue weighted by Crippen LogP contribution is 2.45. The minimum atomic E-state index is -0.125. The number of hydrogen-bond donors (Lipinski definition) is 2. The van der Waals surface area contributed by atoms with Gasteiger partial charge in [0.05, 0.1) is 12.2 Å². The molecule has 1 saturated carbocycles. The van der Waals surface area contributed by atoms with Crippen LogP contribution in [0.3, 0.4) is 0 Å². The number of amides is 1. The van der Waals surface area contributed by atoms with Crippen LogP contribution >= 0.6 is 0 Å². The summed E-state index contributed by atoms with van der Waals surface area (Å²) >= 11 is 0. The molecule has 124 valence electrons. The summed E-state index contributed by atoms with van der Waals surface area (Å²) in [5.41, 5.74) is 0.507. The summed E-state index contributed by atoms with van der Waals surface area (Å²) in [4.78, 5) is 16.9. The van der Waals surface area contributed by atoms with Crippen molar-refractivity contribution in [3.8, 4) is 11.5 Å². The van der Waals surface area contributed by atoms with Crippen molar-refractivity contribution < 1.29 is 14.3 Å². The van der Waals surface area contributed by atoms with Gasteiger partial charge in [0.25, 0.3) is 5.91 Å². The van der Waals surface area contributed by atoms with E-state index >= 15 is 0 Å². The molecule has 1 aromatic heterocycles. The number of rotatable bonds is 3. The van der Waals surface area contributed by atoms with Crippen molar-refractivity contribution in [2.45, 2.75) is 44.2 Å². The number of nitrogens with zero attached hydrogens (tertiary/aromatic N) is 1. The Balaban J connectivity index is 1.52. The number of fused-ring (bicyclic) bond motifs is 1. The summed E-state index contributed by atoms with van der Waals surface area (Å²) < 4.78 is 11.0. The van der Waals surface area contributed by atoms with Crippen molar-refractivity contribution in [3.63, 3.8) is 0 Å². The van der Waals surface area contributed by atoms with Gasteiger partial charge in [-0.15, -0.1) is 0 Å². The molecule has 0 bridgehead atoms. The summed E-state index contributed by atoms with van der Waals surface area (Å²) in [5.74, 6) is 1.61. The summed E-state index contributed by atoms with van der Waals surface area (Å²) in [7, 11) is 0. The van der Waals surface area contributed by atoms with Crippen LogP contribution in [-0.4, -0.2) is 42.2 Å². The number of carbonyl (C=O) groups excluding carboxylic acids is 1. The third kappa shape index (κ3) is 2.65. The first kappa shape index (κ1) is 14.8. The Labute approximate surface area is 136 Å². The largest absolute Gasteiger partial charge is 0.486 e. The summed E-state index contributed by atoms with van der Waals surface area (Å²) in [6.07, 6.45) is 6.06. The van der Waals surface area contributed by atoms with E-state index in [4.69, 9.17) is 9.47 Å². The van der Waals surface area contributed by atoms with Crippen molar-refractivity contribution >= 4 is 5.91 Å². The van der Waals surface area contributed by atoms with Gasteiger partial charge >= 0.3 is 0 Å². The van der Waals surface area contributed by atoms with Gasteiger partial charge < -0.3 is 20.1 Å². The van der Waals surface area contributed by atoms with E-state index in [-0.39, 0.29) is 17.5 Å². The maximum Gasteiger partial charge on any atom is 0.270 e. The molecule has 1 saturated heterocycles. The summed E-state index contributed by atoms with van der Waals surface area (Å²) in [5, 5.41) is 6.85. The summed E-state index contributed by atoms with van der Waals surface area (Å²) in [6, 6.07) is 1.87. The van der Waals surface area contributed by atoms with Crippen LogP contribution in [0.1, 0.15) is 43.1 Å². The average molecular weight is 317 g/mol. The van der Waals surface area contributed by atoms with Gasteiger partial charge in [-0.3, -0.25) is 4.79 Å². The fraction of sp³-hybridized carbons (Fsp3) is 0.647. The molecule has 1 spiro atoms. The second-order valence-corrected chi connectivity index (χ2v) is 6.70. The zero-order chi connectivity index (χ0) is 15.9. The van der Waals surface area contributed by atoms with Gasteiger partial charge in [0.1, 0.15) is 18.9 Å². The van der Waals surface area contributed by atoms with Gasteiger partial charge in [-0.1, -0.05) is 13.3 Å². The molecule has 6 nitrogen and oxygen atoms in total. The molecule has 2 N–H and O–H groups in total. The second kappa shape index (κ2) is 5.67. The average Bonchev–Trinajstić information content (AvgIpc) is 3.36. The molecule has 1 amide bonds. The highest BCUT2D eigenvalue weighted by molar-refractivity contribution is 5.93. The van der Waals surface area contributed by atoms with E-state index < -0.39 is 0 Å². The fourth-order valence-corrected chi connectivity index (χ4v) is 3.84. The topological polar surface area (TPSA) is 72.5 Å². The van der Waals surface area contributed by atoms with Crippen molar-refractivity contribution in [1.82, 2.24) is 15.6 Å². The van der Waals surface area contributed by atoms with Gasteiger partial charge in [0.15, 0.2) is 11.5 Å². The number of piperidine rings is 1. The molecule has 2 fully saturated rings. The van der Waals surface area contributed by atoms with E-state index in [1.807, 2.05) is 0 Å². The standard InChI is InChI=1S/C17H23N3O3/c1-2-11-3-6-19-17(4-5-17)15(11)20-16(21)12-9-13-14(10-18-12)23-8-7-22-13/h9-11,15,19H,2-8H2,1H3,(H,20,21). The monoisotopic (exact) mass is 317 g/mol. The van der Waals surface area contributed by atoms with Crippen LogP contribution in [0, 0.1) is 5.92 Å². The first-order valence-corrected chi connectivity index (χ1v) is 8.53. The van der Waals surface area contributed by atoms with Crippen LogP contribution in [0.2, 0.25) is 0 Å². The van der Waals surface area contributed by atoms with E-state index in [9.17, 15) is 4.79 Å². The lowest BCUT2D eigenvalue weighted by Gasteiger charge is -2.39. The van der Waals surface area contributed by atoms with Crippen LogP contribution in [-0.2, 0) is 0 Å². The van der Waals surface area contributed by atoms with E-state index in [2.05, 4.69) is 22.5 Å². The minimum absolute atomic E-state index is 0.113. The van der Waals surface area contributed by atoms with E-state index in [1.54, 1.807) is 12.3 Å². The molecule has 6 heteroatoms. The fourth-order valence-electron chi connectivity index (χ4n) is 3.84. The van der Waals surface area contributed by atoms with Gasteiger partial charge in [-0.25, -0.2) is 4.98 Å². The molecule has 0 aromatic carbocycles. The zero-order valence-electron chi connectivity index (χ0n) is 13.4. The van der Waals surface area contributed by atoms with Gasteiger partial charge in [-0.05, 0) is 31.7 Å². The normalized spacial score (nSPS) is 27.5. The minimum Gasteiger partial charge on any atom is -0.486 e. The molecule has 3 heterocycles. The van der Waals surface area contributed by atoms with Crippen molar-refractivity contribution in [1.29, 1.82) is 0 Å². The quantitative estimate of drug-likeness (QED) is 0.884. The molecule has 23 heavy (non-hydrogen) atoms. The third-order valence-electron chi connectivity index (χ3n) is 5.32. The Kier molecular flexibility index (Phi) is 3.64. The highest BCUT2D eigenvalue weighted by atomic mass is 16.6. The van der Waals surface area contributed by atoms with Crippen LogP contribution in [0.5, 0.6) is 11.5 Å². The van der Waals surface area contributed by atoms with E-state index in [0.29, 0.717) is 36.3 Å². The van der Waals surface area contributed by atoms with Crippen LogP contribution in [0.25, 0.3) is 0 Å². The first-order valence-electron chi connectivity index (χ1n) is 8.53. The molecule has 0 radical (unpaired) electrons. The van der Waals surface area contributed by atoms with Gasteiger partial charge in [0.2, 0.25) is 0 Å². The lowest BCUT2D eigenvalue weighted by atomic mass is 9.83. The highest BCUT2D eigenvalue weighted by Gasteiger charge is 2.53. The third-order valence-corrected chi connectivity index (χ3v) is 5.32. The Morgan fingerprint density at radius 3 is 2.91 bits per heavy atom. The number of carbonyl (C=O) groups is 1. The zero-order valence-corrected chi connectivity index (χ0v) is 13.4.